The molecule has 1 aromatic heterocycles. The zero-order valence-corrected chi connectivity index (χ0v) is 15.3. The fraction of sp³-hybridized carbons (Fsp3) is 0.389. The Kier molecular flexibility index (Phi) is 5.63. The smallest absolute Gasteiger partial charge is 0.358 e. The first-order chi connectivity index (χ1) is 12.4. The number of benzene rings is 1. The monoisotopic (exact) mass is 378 g/mol. The molecule has 1 fully saturated rings. The molecule has 0 bridgehead atoms. The highest BCUT2D eigenvalue weighted by Gasteiger charge is 2.26. The van der Waals surface area contributed by atoms with Gasteiger partial charge in [-0.25, -0.2) is 14.2 Å². The molecule has 0 spiro atoms. The van der Waals surface area contributed by atoms with E-state index in [2.05, 4.69) is 4.98 Å². The summed E-state index contributed by atoms with van der Waals surface area (Å²) in [4.78, 5) is 30.2. The van der Waals surface area contributed by atoms with Gasteiger partial charge in [0.15, 0.2) is 12.3 Å². The SMILES string of the molecule is C[C@H]1CN(C(=O)COC(=O)c2csc(-c3ccc(F)cc3)n2)C[C@H](C)O1. The lowest BCUT2D eigenvalue weighted by Gasteiger charge is -2.35. The number of halogens is 1. The highest BCUT2D eigenvalue weighted by atomic mass is 32.1. The number of carbonyl (C=O) groups is 2. The van der Waals surface area contributed by atoms with Crippen LogP contribution in [0.1, 0.15) is 24.3 Å². The van der Waals surface area contributed by atoms with E-state index < -0.39 is 5.97 Å². The normalized spacial score (nSPS) is 20.0. The third-order valence-electron chi connectivity index (χ3n) is 3.90. The quantitative estimate of drug-likeness (QED) is 0.766. The number of aromatic nitrogens is 1. The van der Waals surface area contributed by atoms with Gasteiger partial charge in [0.1, 0.15) is 10.8 Å². The van der Waals surface area contributed by atoms with Crippen molar-refractivity contribution in [1.29, 1.82) is 0 Å². The van der Waals surface area contributed by atoms with E-state index in [0.717, 1.165) is 0 Å². The van der Waals surface area contributed by atoms with Crippen molar-refractivity contribution in [2.75, 3.05) is 19.7 Å². The molecular formula is C18H19FN2O4S. The highest BCUT2D eigenvalue weighted by Crippen LogP contribution is 2.24. The summed E-state index contributed by atoms with van der Waals surface area (Å²) in [6, 6.07) is 5.84. The van der Waals surface area contributed by atoms with Gasteiger partial charge in [-0.2, -0.15) is 0 Å². The van der Waals surface area contributed by atoms with Crippen molar-refractivity contribution in [3.63, 3.8) is 0 Å². The molecule has 1 aromatic carbocycles. The van der Waals surface area contributed by atoms with Gasteiger partial charge in [0.25, 0.3) is 5.91 Å². The van der Waals surface area contributed by atoms with E-state index in [4.69, 9.17) is 9.47 Å². The molecule has 0 N–H and O–H groups in total. The number of nitrogens with zero attached hydrogens (tertiary/aromatic N) is 2. The average Bonchev–Trinajstić information content (AvgIpc) is 3.09. The summed E-state index contributed by atoms with van der Waals surface area (Å²) in [5.74, 6) is -1.25. The van der Waals surface area contributed by atoms with Crippen LogP contribution in [-0.2, 0) is 14.3 Å². The van der Waals surface area contributed by atoms with Gasteiger partial charge in [-0.3, -0.25) is 4.79 Å². The van der Waals surface area contributed by atoms with E-state index in [1.807, 2.05) is 13.8 Å². The molecule has 0 aliphatic carbocycles. The van der Waals surface area contributed by atoms with E-state index in [0.29, 0.717) is 23.7 Å². The summed E-state index contributed by atoms with van der Waals surface area (Å²) in [6.45, 7) is 4.42. The molecule has 1 amide bonds. The lowest BCUT2D eigenvalue weighted by atomic mass is 10.2. The Balaban J connectivity index is 1.57. The maximum absolute atomic E-state index is 13.0. The van der Waals surface area contributed by atoms with E-state index >= 15 is 0 Å². The van der Waals surface area contributed by atoms with Crippen LogP contribution in [0.2, 0.25) is 0 Å². The van der Waals surface area contributed by atoms with Crippen molar-refractivity contribution in [3.05, 3.63) is 41.2 Å². The number of ether oxygens (including phenoxy) is 2. The van der Waals surface area contributed by atoms with Gasteiger partial charge in [-0.1, -0.05) is 0 Å². The summed E-state index contributed by atoms with van der Waals surface area (Å²) in [7, 11) is 0. The molecule has 8 heteroatoms. The van der Waals surface area contributed by atoms with Crippen molar-refractivity contribution in [1.82, 2.24) is 9.88 Å². The predicted octanol–water partition coefficient (Wildman–Crippen LogP) is 2.74. The van der Waals surface area contributed by atoms with Crippen LogP contribution < -0.4 is 0 Å². The maximum Gasteiger partial charge on any atom is 0.358 e. The topological polar surface area (TPSA) is 68.7 Å². The fourth-order valence-electron chi connectivity index (χ4n) is 2.77. The third kappa shape index (κ3) is 4.44. The van der Waals surface area contributed by atoms with Crippen LogP contribution in [0.15, 0.2) is 29.6 Å². The molecule has 6 nitrogen and oxygen atoms in total. The minimum Gasteiger partial charge on any atom is -0.451 e. The van der Waals surface area contributed by atoms with Crippen LogP contribution in [-0.4, -0.2) is 53.7 Å². The second kappa shape index (κ2) is 7.92. The first kappa shape index (κ1) is 18.5. The Morgan fingerprint density at radius 1 is 1.27 bits per heavy atom. The van der Waals surface area contributed by atoms with Gasteiger partial charge in [-0.15, -0.1) is 11.3 Å². The summed E-state index contributed by atoms with van der Waals surface area (Å²) < 4.78 is 23.7. The van der Waals surface area contributed by atoms with Crippen molar-refractivity contribution in [3.8, 4) is 10.6 Å². The van der Waals surface area contributed by atoms with Gasteiger partial charge < -0.3 is 14.4 Å². The summed E-state index contributed by atoms with van der Waals surface area (Å²) in [5.41, 5.74) is 0.841. The molecule has 2 aromatic rings. The summed E-state index contributed by atoms with van der Waals surface area (Å²) >= 11 is 1.25. The molecule has 3 rings (SSSR count). The Morgan fingerprint density at radius 3 is 2.58 bits per heavy atom. The summed E-state index contributed by atoms with van der Waals surface area (Å²) in [5, 5.41) is 2.14. The van der Waals surface area contributed by atoms with Gasteiger partial charge in [0, 0.05) is 24.0 Å². The fourth-order valence-corrected chi connectivity index (χ4v) is 3.56. The van der Waals surface area contributed by atoms with Gasteiger partial charge in [0.05, 0.1) is 12.2 Å². The van der Waals surface area contributed by atoms with Gasteiger partial charge in [-0.05, 0) is 38.1 Å². The lowest BCUT2D eigenvalue weighted by molar-refractivity contribution is -0.146. The van der Waals surface area contributed by atoms with Gasteiger partial charge >= 0.3 is 5.97 Å². The Hall–Kier alpha value is -2.32. The van der Waals surface area contributed by atoms with E-state index in [9.17, 15) is 14.0 Å². The minimum atomic E-state index is -0.655. The largest absolute Gasteiger partial charge is 0.451 e. The van der Waals surface area contributed by atoms with Crippen molar-refractivity contribution in [2.45, 2.75) is 26.1 Å². The average molecular weight is 378 g/mol. The second-order valence-corrected chi connectivity index (χ2v) is 7.04. The number of morpholine rings is 1. The summed E-state index contributed by atoms with van der Waals surface area (Å²) in [6.07, 6.45) is -0.0922. The molecular weight excluding hydrogens is 359 g/mol. The maximum atomic E-state index is 13.0. The van der Waals surface area contributed by atoms with E-state index in [1.165, 1.54) is 23.5 Å². The van der Waals surface area contributed by atoms with Crippen LogP contribution in [0, 0.1) is 5.82 Å². The molecule has 0 saturated carbocycles. The van der Waals surface area contributed by atoms with Crippen molar-refractivity contribution in [2.24, 2.45) is 0 Å². The molecule has 0 radical (unpaired) electrons. The first-order valence-corrected chi connectivity index (χ1v) is 9.12. The minimum absolute atomic E-state index is 0.0461. The molecule has 1 aliphatic rings. The van der Waals surface area contributed by atoms with Crippen molar-refractivity contribution < 1.29 is 23.5 Å². The molecule has 138 valence electrons. The first-order valence-electron chi connectivity index (χ1n) is 8.24. The number of carbonyl (C=O) groups excluding carboxylic acids is 2. The highest BCUT2D eigenvalue weighted by molar-refractivity contribution is 7.13. The number of hydrogen-bond donors (Lipinski definition) is 0. The predicted molar refractivity (Wildman–Crippen MR) is 94.4 cm³/mol. The zero-order chi connectivity index (χ0) is 18.7. The zero-order valence-electron chi connectivity index (χ0n) is 14.5. The number of rotatable bonds is 4. The number of hydrogen-bond acceptors (Lipinski definition) is 6. The Labute approximate surface area is 154 Å². The molecule has 2 atom stereocenters. The number of esters is 1. The molecule has 2 heterocycles. The standard InChI is InChI=1S/C18H19FN2O4S/c1-11-7-21(8-12(2)25-11)16(22)9-24-18(23)15-10-26-17(20-15)13-3-5-14(19)6-4-13/h3-6,10-12H,7-9H2,1-2H3/t11-,12-/m0/s1. The third-order valence-corrected chi connectivity index (χ3v) is 4.79. The van der Waals surface area contributed by atoms with Crippen LogP contribution >= 0.6 is 11.3 Å². The molecule has 1 aliphatic heterocycles. The molecule has 1 saturated heterocycles. The van der Waals surface area contributed by atoms with Crippen LogP contribution in [0.3, 0.4) is 0 Å². The second-order valence-electron chi connectivity index (χ2n) is 6.18. The van der Waals surface area contributed by atoms with E-state index in [-0.39, 0.29) is 36.2 Å². The van der Waals surface area contributed by atoms with Crippen LogP contribution in [0.5, 0.6) is 0 Å². The molecule has 26 heavy (non-hydrogen) atoms. The van der Waals surface area contributed by atoms with Crippen LogP contribution in [0.4, 0.5) is 4.39 Å². The lowest BCUT2D eigenvalue weighted by Crippen LogP contribution is -2.49. The number of thiazole rings is 1. The van der Waals surface area contributed by atoms with Crippen LogP contribution in [0.25, 0.3) is 10.6 Å². The number of amides is 1. The Morgan fingerprint density at radius 2 is 1.92 bits per heavy atom. The Bertz CT molecular complexity index is 783. The molecule has 0 unspecified atom stereocenters. The van der Waals surface area contributed by atoms with E-state index in [1.54, 1.807) is 22.4 Å². The van der Waals surface area contributed by atoms with Crippen molar-refractivity contribution >= 4 is 23.2 Å². The van der Waals surface area contributed by atoms with Gasteiger partial charge in [0.2, 0.25) is 0 Å².